The average molecular weight is 330 g/mol. The molecule has 0 fully saturated rings. The number of aromatic nitrogens is 2. The summed E-state index contributed by atoms with van der Waals surface area (Å²) in [7, 11) is 0. The number of pyridine rings is 1. The monoisotopic (exact) mass is 329 g/mol. The van der Waals surface area contributed by atoms with Crippen LogP contribution in [0.3, 0.4) is 0 Å². The second-order valence-electron chi connectivity index (χ2n) is 3.47. The average Bonchev–Trinajstić information content (AvgIpc) is 2.86. The third-order valence-corrected chi connectivity index (χ3v) is 3.34. The molecular formula is C9H4ClN5O5S. The lowest BCUT2D eigenvalue weighted by atomic mass is 10.2. The zero-order valence-corrected chi connectivity index (χ0v) is 11.4. The van der Waals surface area contributed by atoms with Gasteiger partial charge in [0.15, 0.2) is 5.13 Å². The summed E-state index contributed by atoms with van der Waals surface area (Å²) in [6, 6.07) is 1.11. The first-order valence-corrected chi connectivity index (χ1v) is 6.30. The number of thiazole rings is 1. The van der Waals surface area contributed by atoms with E-state index in [4.69, 9.17) is 11.6 Å². The van der Waals surface area contributed by atoms with Crippen LogP contribution in [0.5, 0.6) is 0 Å². The van der Waals surface area contributed by atoms with Crippen LogP contribution in [0.4, 0.5) is 15.8 Å². The van der Waals surface area contributed by atoms with E-state index in [1.165, 1.54) is 0 Å². The Morgan fingerprint density at radius 2 is 2.00 bits per heavy atom. The molecule has 0 saturated carbocycles. The minimum absolute atomic E-state index is 0.0612. The largest absolute Gasteiger partial charge is 0.345 e. The third-order valence-electron chi connectivity index (χ3n) is 2.20. The molecule has 2 heterocycles. The summed E-state index contributed by atoms with van der Waals surface area (Å²) >= 11 is 6.20. The Kier molecular flexibility index (Phi) is 4.05. The number of hydrogen-bond donors (Lipinski definition) is 1. The number of halogens is 1. The standard InChI is InChI=1S/C9H4ClN5O5S/c10-7-6(15(19)20)4(1-2-11-7)8(16)13-9-12-3-5(21-9)14(17)18/h1-3H,(H,12,13,16). The first-order valence-electron chi connectivity index (χ1n) is 5.10. The quantitative estimate of drug-likeness (QED) is 0.515. The highest BCUT2D eigenvalue weighted by Gasteiger charge is 2.25. The van der Waals surface area contributed by atoms with Gasteiger partial charge in [0.25, 0.3) is 5.91 Å². The SMILES string of the molecule is O=C(Nc1ncc([N+](=O)[O-])s1)c1ccnc(Cl)c1[N+](=O)[O-]. The molecule has 1 amide bonds. The maximum atomic E-state index is 12.0. The van der Waals surface area contributed by atoms with Gasteiger partial charge in [-0.15, -0.1) is 0 Å². The van der Waals surface area contributed by atoms with Gasteiger partial charge in [-0.25, -0.2) is 9.97 Å². The predicted molar refractivity (Wildman–Crippen MR) is 72.6 cm³/mol. The van der Waals surface area contributed by atoms with Crippen LogP contribution in [0.2, 0.25) is 5.15 Å². The fourth-order valence-corrected chi connectivity index (χ4v) is 2.21. The molecule has 0 aliphatic carbocycles. The van der Waals surface area contributed by atoms with Gasteiger partial charge in [-0.1, -0.05) is 11.6 Å². The van der Waals surface area contributed by atoms with Crippen LogP contribution in [0.15, 0.2) is 18.5 Å². The molecule has 2 aromatic heterocycles. The van der Waals surface area contributed by atoms with E-state index in [9.17, 15) is 25.0 Å². The van der Waals surface area contributed by atoms with Crippen LogP contribution >= 0.6 is 22.9 Å². The van der Waals surface area contributed by atoms with Gasteiger partial charge in [0.05, 0.1) is 9.85 Å². The number of anilines is 1. The third kappa shape index (κ3) is 3.09. The van der Waals surface area contributed by atoms with Gasteiger partial charge in [0.2, 0.25) is 5.15 Å². The van der Waals surface area contributed by atoms with E-state index in [0.29, 0.717) is 11.3 Å². The van der Waals surface area contributed by atoms with E-state index in [2.05, 4.69) is 15.3 Å². The zero-order chi connectivity index (χ0) is 15.6. The highest BCUT2D eigenvalue weighted by atomic mass is 35.5. The van der Waals surface area contributed by atoms with Crippen molar-refractivity contribution in [1.29, 1.82) is 0 Å². The van der Waals surface area contributed by atoms with E-state index >= 15 is 0 Å². The second kappa shape index (κ2) is 5.76. The number of nitrogens with zero attached hydrogens (tertiary/aromatic N) is 4. The second-order valence-corrected chi connectivity index (χ2v) is 4.84. The van der Waals surface area contributed by atoms with Gasteiger partial charge in [-0.3, -0.25) is 30.3 Å². The Bertz CT molecular complexity index is 748. The topological polar surface area (TPSA) is 141 Å². The fourth-order valence-electron chi connectivity index (χ4n) is 1.36. The smallest absolute Gasteiger partial charge is 0.297 e. The normalized spacial score (nSPS) is 10.1. The van der Waals surface area contributed by atoms with Crippen molar-refractivity contribution in [1.82, 2.24) is 9.97 Å². The summed E-state index contributed by atoms with van der Waals surface area (Å²) in [5.74, 6) is -0.866. The van der Waals surface area contributed by atoms with E-state index in [1.54, 1.807) is 0 Å². The Morgan fingerprint density at radius 1 is 1.29 bits per heavy atom. The Hall–Kier alpha value is -2.66. The van der Waals surface area contributed by atoms with Gasteiger partial charge in [-0.2, -0.15) is 0 Å². The highest BCUT2D eigenvalue weighted by Crippen LogP contribution is 2.29. The van der Waals surface area contributed by atoms with Crippen LogP contribution < -0.4 is 5.32 Å². The van der Waals surface area contributed by atoms with Crippen molar-refractivity contribution in [3.63, 3.8) is 0 Å². The number of amides is 1. The summed E-state index contributed by atoms with van der Waals surface area (Å²) in [5, 5.41) is 22.9. The Morgan fingerprint density at radius 3 is 2.57 bits per heavy atom. The minimum Gasteiger partial charge on any atom is -0.297 e. The summed E-state index contributed by atoms with van der Waals surface area (Å²) in [5.41, 5.74) is -0.972. The summed E-state index contributed by atoms with van der Waals surface area (Å²) < 4.78 is 0. The lowest BCUT2D eigenvalue weighted by Gasteiger charge is -2.03. The number of carbonyl (C=O) groups is 1. The van der Waals surface area contributed by atoms with Crippen LogP contribution in [-0.2, 0) is 0 Å². The first kappa shape index (κ1) is 14.7. The van der Waals surface area contributed by atoms with Crippen molar-refractivity contribution >= 4 is 44.7 Å². The number of nitro groups is 2. The van der Waals surface area contributed by atoms with Crippen molar-refractivity contribution in [3.8, 4) is 0 Å². The maximum absolute atomic E-state index is 12.0. The number of carbonyl (C=O) groups excluding carboxylic acids is 1. The predicted octanol–water partition coefficient (Wildman–Crippen LogP) is 2.26. The van der Waals surface area contributed by atoms with Crippen LogP contribution in [-0.4, -0.2) is 25.7 Å². The molecule has 0 atom stereocenters. The molecule has 0 aromatic carbocycles. The highest BCUT2D eigenvalue weighted by molar-refractivity contribution is 7.18. The van der Waals surface area contributed by atoms with E-state index in [1.807, 2.05) is 0 Å². The molecule has 10 nitrogen and oxygen atoms in total. The van der Waals surface area contributed by atoms with Crippen LogP contribution in [0.1, 0.15) is 10.4 Å². The molecule has 0 aliphatic rings. The molecule has 2 rings (SSSR count). The van der Waals surface area contributed by atoms with Gasteiger partial charge >= 0.3 is 10.7 Å². The molecular weight excluding hydrogens is 326 g/mol. The molecule has 0 radical (unpaired) electrons. The molecule has 0 aliphatic heterocycles. The van der Waals surface area contributed by atoms with E-state index in [0.717, 1.165) is 18.5 Å². The summed E-state index contributed by atoms with van der Waals surface area (Å²) in [4.78, 5) is 39.0. The van der Waals surface area contributed by atoms with Crippen LogP contribution in [0, 0.1) is 20.2 Å². The van der Waals surface area contributed by atoms with Gasteiger partial charge < -0.3 is 0 Å². The summed E-state index contributed by atoms with van der Waals surface area (Å²) in [6.07, 6.45) is 2.10. The van der Waals surface area contributed by atoms with Crippen LogP contribution in [0.25, 0.3) is 0 Å². The van der Waals surface area contributed by atoms with Crippen molar-refractivity contribution < 1.29 is 14.6 Å². The van der Waals surface area contributed by atoms with Gasteiger partial charge in [0.1, 0.15) is 11.8 Å². The Balaban J connectivity index is 2.30. The molecule has 0 saturated heterocycles. The van der Waals surface area contributed by atoms with Gasteiger partial charge in [-0.05, 0) is 17.4 Å². The molecule has 0 bridgehead atoms. The zero-order valence-electron chi connectivity index (χ0n) is 9.85. The molecule has 1 N–H and O–H groups in total. The van der Waals surface area contributed by atoms with Crippen molar-refractivity contribution in [3.05, 3.63) is 49.4 Å². The first-order chi connectivity index (χ1) is 9.90. The maximum Gasteiger partial charge on any atom is 0.345 e. The molecule has 0 unspecified atom stereocenters. The molecule has 2 aromatic rings. The van der Waals surface area contributed by atoms with Crippen molar-refractivity contribution in [2.45, 2.75) is 0 Å². The molecule has 12 heteroatoms. The fraction of sp³-hybridized carbons (Fsp3) is 0. The van der Waals surface area contributed by atoms with Crippen molar-refractivity contribution in [2.75, 3.05) is 5.32 Å². The molecule has 21 heavy (non-hydrogen) atoms. The molecule has 0 spiro atoms. The lowest BCUT2D eigenvalue weighted by molar-refractivity contribution is -0.385. The lowest BCUT2D eigenvalue weighted by Crippen LogP contribution is -2.14. The number of rotatable bonds is 4. The van der Waals surface area contributed by atoms with Crippen molar-refractivity contribution in [2.24, 2.45) is 0 Å². The Labute approximate surface area is 124 Å². The van der Waals surface area contributed by atoms with E-state index in [-0.39, 0.29) is 15.7 Å². The molecule has 108 valence electrons. The van der Waals surface area contributed by atoms with E-state index < -0.39 is 26.6 Å². The number of nitrogens with one attached hydrogen (secondary N) is 1. The van der Waals surface area contributed by atoms with Gasteiger partial charge in [0, 0.05) is 6.20 Å². The summed E-state index contributed by atoms with van der Waals surface area (Å²) in [6.45, 7) is 0. The number of hydrogen-bond acceptors (Lipinski definition) is 8. The minimum atomic E-state index is -0.866.